The Morgan fingerprint density at radius 3 is 2.68 bits per heavy atom. The molecule has 4 aromatic rings. The lowest BCUT2D eigenvalue weighted by Crippen LogP contribution is -2.31. The molecule has 0 unspecified atom stereocenters. The molecule has 0 saturated heterocycles. The third-order valence-electron chi connectivity index (χ3n) is 5.19. The number of hydrogen-bond donors (Lipinski definition) is 3. The van der Waals surface area contributed by atoms with Crippen molar-refractivity contribution in [2.24, 2.45) is 0 Å². The van der Waals surface area contributed by atoms with Gasteiger partial charge >= 0.3 is 0 Å². The number of aromatic nitrogens is 2. The summed E-state index contributed by atoms with van der Waals surface area (Å²) >= 11 is 0. The summed E-state index contributed by atoms with van der Waals surface area (Å²) in [5, 5.41) is 5.55. The quantitative estimate of drug-likeness (QED) is 0.500. The van der Waals surface area contributed by atoms with Gasteiger partial charge in [0, 0.05) is 27.5 Å². The average molecular weight is 329 g/mol. The van der Waals surface area contributed by atoms with Crippen LogP contribution in [0.2, 0.25) is 0 Å². The van der Waals surface area contributed by atoms with Crippen LogP contribution in [0.4, 0.5) is 0 Å². The lowest BCUT2D eigenvalue weighted by atomic mass is 9.91. The van der Waals surface area contributed by atoms with Crippen LogP contribution in [0.1, 0.15) is 40.6 Å². The largest absolute Gasteiger partial charge is 0.356 e. The number of aryl methyl sites for hydroxylation is 1. The number of nitrogens with one attached hydrogen (secondary N) is 3. The molecule has 0 saturated carbocycles. The summed E-state index contributed by atoms with van der Waals surface area (Å²) in [6, 6.07) is 18.3. The molecule has 2 heterocycles. The Bertz CT molecular complexity index is 1060. The van der Waals surface area contributed by atoms with Gasteiger partial charge in [0.15, 0.2) is 0 Å². The molecule has 5 rings (SSSR count). The van der Waals surface area contributed by atoms with Gasteiger partial charge in [0.05, 0.1) is 6.04 Å². The second-order valence-electron chi connectivity index (χ2n) is 6.75. The SMILES string of the molecule is O=C(N[C@H]1CCCc2c1[nH]c1ccccc21)c1cc2ccccc2[nH]1. The maximum atomic E-state index is 12.8. The number of carbonyl (C=O) groups is 1. The summed E-state index contributed by atoms with van der Waals surface area (Å²) in [5.41, 5.74) is 5.27. The van der Waals surface area contributed by atoms with E-state index in [-0.39, 0.29) is 11.9 Å². The fraction of sp³-hybridized carbons (Fsp3) is 0.190. The van der Waals surface area contributed by atoms with E-state index in [1.807, 2.05) is 36.4 Å². The zero-order chi connectivity index (χ0) is 16.8. The Kier molecular flexibility index (Phi) is 3.17. The number of fused-ring (bicyclic) bond motifs is 4. The van der Waals surface area contributed by atoms with Gasteiger partial charge in [-0.15, -0.1) is 0 Å². The molecule has 0 bridgehead atoms. The maximum Gasteiger partial charge on any atom is 0.268 e. The molecule has 0 spiro atoms. The van der Waals surface area contributed by atoms with Crippen LogP contribution in [0.3, 0.4) is 0 Å². The van der Waals surface area contributed by atoms with Gasteiger partial charge in [-0.3, -0.25) is 4.79 Å². The number of rotatable bonds is 2. The standard InChI is InChI=1S/C21H19N3O/c25-21(19-12-13-6-1-3-9-16(13)22-19)24-18-11-5-8-15-14-7-2-4-10-17(14)23-20(15)18/h1-4,6-7,9-10,12,18,22-23H,5,8,11H2,(H,24,25)/t18-/m0/s1. The van der Waals surface area contributed by atoms with Crippen molar-refractivity contribution in [2.75, 3.05) is 0 Å². The van der Waals surface area contributed by atoms with Crippen molar-refractivity contribution >= 4 is 27.7 Å². The predicted molar refractivity (Wildman–Crippen MR) is 99.7 cm³/mol. The molecule has 0 fully saturated rings. The van der Waals surface area contributed by atoms with E-state index >= 15 is 0 Å². The van der Waals surface area contributed by atoms with E-state index in [0.717, 1.165) is 41.4 Å². The number of amides is 1. The predicted octanol–water partition coefficient (Wildman–Crippen LogP) is 4.46. The van der Waals surface area contributed by atoms with E-state index < -0.39 is 0 Å². The van der Waals surface area contributed by atoms with Gasteiger partial charge in [0.2, 0.25) is 0 Å². The molecule has 2 aromatic carbocycles. The third kappa shape index (κ3) is 2.33. The van der Waals surface area contributed by atoms with Crippen molar-refractivity contribution in [2.45, 2.75) is 25.3 Å². The molecule has 3 N–H and O–H groups in total. The van der Waals surface area contributed by atoms with Gasteiger partial charge in [-0.1, -0.05) is 36.4 Å². The fourth-order valence-corrected chi connectivity index (χ4v) is 3.99. The first-order chi connectivity index (χ1) is 12.3. The van der Waals surface area contributed by atoms with Crippen molar-refractivity contribution in [1.29, 1.82) is 0 Å². The lowest BCUT2D eigenvalue weighted by molar-refractivity contribution is 0.0927. The van der Waals surface area contributed by atoms with Crippen molar-refractivity contribution in [3.05, 3.63) is 71.5 Å². The van der Waals surface area contributed by atoms with Crippen LogP contribution in [-0.2, 0) is 6.42 Å². The first-order valence-electron chi connectivity index (χ1n) is 8.78. The van der Waals surface area contributed by atoms with E-state index in [1.165, 1.54) is 10.9 Å². The van der Waals surface area contributed by atoms with E-state index in [4.69, 9.17) is 0 Å². The van der Waals surface area contributed by atoms with Crippen LogP contribution in [0, 0.1) is 0 Å². The average Bonchev–Trinajstić information content (AvgIpc) is 3.24. The second kappa shape index (κ2) is 5.52. The molecule has 1 aliphatic rings. The van der Waals surface area contributed by atoms with Crippen molar-refractivity contribution in [3.8, 4) is 0 Å². The van der Waals surface area contributed by atoms with Crippen molar-refractivity contribution in [1.82, 2.24) is 15.3 Å². The zero-order valence-electron chi connectivity index (χ0n) is 13.8. The Hall–Kier alpha value is -3.01. The van der Waals surface area contributed by atoms with Gasteiger partial charge in [-0.05, 0) is 43.0 Å². The van der Waals surface area contributed by atoms with E-state index in [0.29, 0.717) is 5.69 Å². The first kappa shape index (κ1) is 14.3. The highest BCUT2D eigenvalue weighted by atomic mass is 16.1. The molecule has 4 nitrogen and oxygen atoms in total. The van der Waals surface area contributed by atoms with Crippen LogP contribution in [0.5, 0.6) is 0 Å². The maximum absolute atomic E-state index is 12.8. The van der Waals surface area contributed by atoms with E-state index in [2.05, 4.69) is 33.5 Å². The Morgan fingerprint density at radius 2 is 1.80 bits per heavy atom. The number of benzene rings is 2. The van der Waals surface area contributed by atoms with Crippen molar-refractivity contribution < 1.29 is 4.79 Å². The third-order valence-corrected chi connectivity index (χ3v) is 5.19. The van der Waals surface area contributed by atoms with Crippen molar-refractivity contribution in [3.63, 3.8) is 0 Å². The molecule has 1 amide bonds. The summed E-state index contributed by atoms with van der Waals surface area (Å²) in [6.45, 7) is 0. The smallest absolute Gasteiger partial charge is 0.268 e. The highest BCUT2D eigenvalue weighted by Crippen LogP contribution is 2.34. The van der Waals surface area contributed by atoms with Crippen LogP contribution in [-0.4, -0.2) is 15.9 Å². The summed E-state index contributed by atoms with van der Waals surface area (Å²) < 4.78 is 0. The molecular formula is C21H19N3O. The topological polar surface area (TPSA) is 60.7 Å². The Morgan fingerprint density at radius 1 is 1.00 bits per heavy atom. The Labute approximate surface area is 145 Å². The number of H-pyrrole nitrogens is 2. The van der Waals surface area contributed by atoms with Gasteiger partial charge < -0.3 is 15.3 Å². The van der Waals surface area contributed by atoms with Gasteiger partial charge in [-0.25, -0.2) is 0 Å². The Balaban J connectivity index is 1.47. The first-order valence-corrected chi connectivity index (χ1v) is 8.78. The zero-order valence-corrected chi connectivity index (χ0v) is 13.8. The summed E-state index contributed by atoms with van der Waals surface area (Å²) in [4.78, 5) is 19.5. The minimum absolute atomic E-state index is 0.0371. The molecular weight excluding hydrogens is 310 g/mol. The van der Waals surface area contributed by atoms with Gasteiger partial charge in [-0.2, -0.15) is 0 Å². The van der Waals surface area contributed by atoms with Crippen LogP contribution >= 0.6 is 0 Å². The summed E-state index contributed by atoms with van der Waals surface area (Å²) in [5.74, 6) is -0.0484. The molecule has 1 aliphatic carbocycles. The van der Waals surface area contributed by atoms with E-state index in [9.17, 15) is 4.79 Å². The van der Waals surface area contributed by atoms with Gasteiger partial charge in [0.25, 0.3) is 5.91 Å². The fourth-order valence-electron chi connectivity index (χ4n) is 3.99. The molecule has 0 aliphatic heterocycles. The lowest BCUT2D eigenvalue weighted by Gasteiger charge is -2.23. The number of carbonyl (C=O) groups excluding carboxylic acids is 1. The number of hydrogen-bond acceptors (Lipinski definition) is 1. The highest BCUT2D eigenvalue weighted by Gasteiger charge is 2.26. The van der Waals surface area contributed by atoms with Gasteiger partial charge in [0.1, 0.15) is 5.69 Å². The van der Waals surface area contributed by atoms with Crippen LogP contribution in [0.15, 0.2) is 54.6 Å². The normalized spacial score (nSPS) is 16.9. The monoisotopic (exact) mass is 329 g/mol. The van der Waals surface area contributed by atoms with E-state index in [1.54, 1.807) is 0 Å². The highest BCUT2D eigenvalue weighted by molar-refractivity contribution is 5.98. The minimum Gasteiger partial charge on any atom is -0.356 e. The molecule has 2 aromatic heterocycles. The summed E-state index contributed by atoms with van der Waals surface area (Å²) in [6.07, 6.45) is 3.12. The number of para-hydroxylation sites is 2. The number of aromatic amines is 2. The molecule has 25 heavy (non-hydrogen) atoms. The minimum atomic E-state index is -0.0484. The molecule has 1 atom stereocenters. The molecule has 124 valence electrons. The molecule has 4 heteroatoms. The second-order valence-corrected chi connectivity index (χ2v) is 6.75. The molecule has 0 radical (unpaired) electrons. The summed E-state index contributed by atoms with van der Waals surface area (Å²) in [7, 11) is 0. The van der Waals surface area contributed by atoms with Crippen LogP contribution < -0.4 is 5.32 Å². The van der Waals surface area contributed by atoms with Crippen LogP contribution in [0.25, 0.3) is 21.8 Å².